The highest BCUT2D eigenvalue weighted by molar-refractivity contribution is 5.91. The van der Waals surface area contributed by atoms with E-state index >= 15 is 0 Å². The van der Waals surface area contributed by atoms with Crippen LogP contribution in [-0.2, 0) is 12.8 Å². The number of fused-ring (bicyclic) bond motifs is 1. The van der Waals surface area contributed by atoms with Crippen molar-refractivity contribution in [3.8, 4) is 11.1 Å². The minimum absolute atomic E-state index is 0.215. The Bertz CT molecular complexity index is 707. The molecular formula is C17H19N3O. The van der Waals surface area contributed by atoms with Gasteiger partial charge in [-0.2, -0.15) is 0 Å². The summed E-state index contributed by atoms with van der Waals surface area (Å²) in [5.41, 5.74) is 11.2. The van der Waals surface area contributed by atoms with Crippen LogP contribution in [0.25, 0.3) is 11.1 Å². The van der Waals surface area contributed by atoms with E-state index < -0.39 is 5.91 Å². The van der Waals surface area contributed by atoms with Gasteiger partial charge in [0.25, 0.3) is 5.91 Å². The number of aryl methyl sites for hydroxylation is 2. The van der Waals surface area contributed by atoms with E-state index in [4.69, 9.17) is 5.73 Å². The van der Waals surface area contributed by atoms with Gasteiger partial charge < -0.3 is 5.73 Å². The van der Waals surface area contributed by atoms with Gasteiger partial charge in [0.15, 0.2) is 0 Å². The predicted molar refractivity (Wildman–Crippen MR) is 82.1 cm³/mol. The Morgan fingerprint density at radius 1 is 1.29 bits per heavy atom. The fraction of sp³-hybridized carbons (Fsp3) is 0.353. The fourth-order valence-corrected chi connectivity index (χ4v) is 2.87. The Balaban J connectivity index is 2.11. The van der Waals surface area contributed by atoms with Gasteiger partial charge in [-0.25, -0.2) is 4.98 Å². The van der Waals surface area contributed by atoms with Crippen LogP contribution in [-0.4, -0.2) is 15.9 Å². The summed E-state index contributed by atoms with van der Waals surface area (Å²) in [6, 6.07) is 5.83. The number of nitrogens with two attached hydrogens (primary N) is 1. The molecule has 0 atom stereocenters. The van der Waals surface area contributed by atoms with Crippen molar-refractivity contribution in [3.63, 3.8) is 0 Å². The van der Waals surface area contributed by atoms with Crippen molar-refractivity contribution in [1.82, 2.24) is 9.97 Å². The minimum Gasteiger partial charge on any atom is -0.364 e. The molecule has 0 aromatic carbocycles. The second-order valence-electron chi connectivity index (χ2n) is 5.83. The van der Waals surface area contributed by atoms with Crippen LogP contribution < -0.4 is 5.73 Å². The summed E-state index contributed by atoms with van der Waals surface area (Å²) < 4.78 is 0. The number of rotatable bonds is 3. The number of nitrogens with zero attached hydrogens (tertiary/aromatic N) is 2. The molecule has 2 heterocycles. The van der Waals surface area contributed by atoms with Gasteiger partial charge in [0.1, 0.15) is 5.69 Å². The van der Waals surface area contributed by atoms with Crippen molar-refractivity contribution in [2.24, 2.45) is 5.73 Å². The van der Waals surface area contributed by atoms with Gasteiger partial charge in [-0.1, -0.05) is 19.9 Å². The number of primary amides is 1. The molecule has 0 fully saturated rings. The Morgan fingerprint density at radius 2 is 2.10 bits per heavy atom. The maximum Gasteiger partial charge on any atom is 0.267 e. The van der Waals surface area contributed by atoms with E-state index in [1.165, 1.54) is 17.7 Å². The molecule has 2 aromatic heterocycles. The van der Waals surface area contributed by atoms with Crippen molar-refractivity contribution in [2.75, 3.05) is 0 Å². The Hall–Kier alpha value is -2.23. The fourth-order valence-electron chi connectivity index (χ4n) is 2.87. The van der Waals surface area contributed by atoms with Crippen LogP contribution in [0.5, 0.6) is 0 Å². The zero-order valence-electron chi connectivity index (χ0n) is 12.4. The average molecular weight is 281 g/mol. The van der Waals surface area contributed by atoms with Crippen molar-refractivity contribution in [3.05, 3.63) is 47.0 Å². The topological polar surface area (TPSA) is 68.9 Å². The van der Waals surface area contributed by atoms with E-state index in [9.17, 15) is 4.79 Å². The molecule has 0 bridgehead atoms. The molecule has 0 saturated heterocycles. The zero-order valence-corrected chi connectivity index (χ0v) is 12.4. The number of aromatic nitrogens is 2. The third-order valence-electron chi connectivity index (χ3n) is 3.95. The second-order valence-corrected chi connectivity index (χ2v) is 5.83. The average Bonchev–Trinajstić information content (AvgIpc) is 2.93. The third-order valence-corrected chi connectivity index (χ3v) is 3.95. The van der Waals surface area contributed by atoms with E-state index in [1.807, 2.05) is 12.3 Å². The normalized spacial score (nSPS) is 13.5. The van der Waals surface area contributed by atoms with E-state index in [1.54, 1.807) is 6.07 Å². The molecule has 1 amide bonds. The predicted octanol–water partition coefficient (Wildman–Crippen LogP) is 2.85. The van der Waals surface area contributed by atoms with Gasteiger partial charge in [-0.3, -0.25) is 9.78 Å². The second kappa shape index (κ2) is 5.28. The van der Waals surface area contributed by atoms with Crippen molar-refractivity contribution >= 4 is 5.91 Å². The molecule has 4 nitrogen and oxygen atoms in total. The van der Waals surface area contributed by atoms with Gasteiger partial charge in [0.05, 0.1) is 5.69 Å². The maximum atomic E-state index is 11.3. The monoisotopic (exact) mass is 281 g/mol. The zero-order chi connectivity index (χ0) is 15.0. The lowest BCUT2D eigenvalue weighted by molar-refractivity contribution is 0.0995. The number of amides is 1. The summed E-state index contributed by atoms with van der Waals surface area (Å²) in [5, 5.41) is 0. The molecule has 1 aliphatic carbocycles. The van der Waals surface area contributed by atoms with Crippen LogP contribution in [0, 0.1) is 0 Å². The largest absolute Gasteiger partial charge is 0.364 e. The highest BCUT2D eigenvalue weighted by atomic mass is 16.1. The number of carbonyl (C=O) groups is 1. The highest BCUT2D eigenvalue weighted by Crippen LogP contribution is 2.30. The van der Waals surface area contributed by atoms with E-state index in [2.05, 4.69) is 29.9 Å². The first kappa shape index (κ1) is 13.7. The number of hydrogen-bond acceptors (Lipinski definition) is 3. The molecule has 0 spiro atoms. The van der Waals surface area contributed by atoms with Gasteiger partial charge in [0, 0.05) is 23.0 Å². The molecule has 21 heavy (non-hydrogen) atoms. The minimum atomic E-state index is -0.490. The molecule has 0 unspecified atom stereocenters. The van der Waals surface area contributed by atoms with E-state index in [-0.39, 0.29) is 5.92 Å². The highest BCUT2D eigenvalue weighted by Gasteiger charge is 2.17. The summed E-state index contributed by atoms with van der Waals surface area (Å²) in [7, 11) is 0. The summed E-state index contributed by atoms with van der Waals surface area (Å²) >= 11 is 0. The molecule has 0 aliphatic heterocycles. The molecule has 4 heteroatoms. The van der Waals surface area contributed by atoms with Gasteiger partial charge in [-0.05, 0) is 42.9 Å². The molecule has 108 valence electrons. The Labute approximate surface area is 124 Å². The van der Waals surface area contributed by atoms with Gasteiger partial charge in [-0.15, -0.1) is 0 Å². The number of pyridine rings is 2. The summed E-state index contributed by atoms with van der Waals surface area (Å²) in [6.45, 7) is 4.13. The number of hydrogen-bond donors (Lipinski definition) is 1. The van der Waals surface area contributed by atoms with Crippen LogP contribution in [0.1, 0.15) is 53.6 Å². The summed E-state index contributed by atoms with van der Waals surface area (Å²) in [4.78, 5) is 20.3. The Kier molecular flexibility index (Phi) is 3.45. The summed E-state index contributed by atoms with van der Waals surface area (Å²) in [6.07, 6.45) is 5.27. The van der Waals surface area contributed by atoms with Gasteiger partial charge >= 0.3 is 0 Å². The quantitative estimate of drug-likeness (QED) is 0.940. The van der Waals surface area contributed by atoms with Crippen LogP contribution in [0.15, 0.2) is 24.4 Å². The molecule has 0 saturated carbocycles. The van der Waals surface area contributed by atoms with Crippen molar-refractivity contribution in [1.29, 1.82) is 0 Å². The van der Waals surface area contributed by atoms with Crippen molar-refractivity contribution in [2.45, 2.75) is 39.0 Å². The lowest BCUT2D eigenvalue weighted by Gasteiger charge is -2.13. The number of carbonyl (C=O) groups excluding carboxylic acids is 1. The smallest absolute Gasteiger partial charge is 0.267 e. The first-order chi connectivity index (χ1) is 10.1. The SMILES string of the molecule is CC(C)c1nc(C(N)=O)ccc1-c1cnc2c(c1)CCC2. The lowest BCUT2D eigenvalue weighted by Crippen LogP contribution is -2.14. The first-order valence-corrected chi connectivity index (χ1v) is 7.35. The lowest BCUT2D eigenvalue weighted by atomic mass is 9.97. The third kappa shape index (κ3) is 2.53. The molecule has 2 aromatic rings. The molecule has 2 N–H and O–H groups in total. The Morgan fingerprint density at radius 3 is 2.81 bits per heavy atom. The van der Waals surface area contributed by atoms with Crippen LogP contribution in [0.4, 0.5) is 0 Å². The standard InChI is InChI=1S/C17H19N3O/c1-10(2)16-13(6-7-15(20-16)17(18)21)12-8-11-4-3-5-14(11)19-9-12/h6-10H,3-5H2,1-2H3,(H2,18,21). The summed E-state index contributed by atoms with van der Waals surface area (Å²) in [5.74, 6) is -0.275. The molecular weight excluding hydrogens is 262 g/mol. The molecule has 3 rings (SSSR count). The van der Waals surface area contributed by atoms with Crippen LogP contribution in [0.3, 0.4) is 0 Å². The van der Waals surface area contributed by atoms with Crippen molar-refractivity contribution < 1.29 is 4.79 Å². The van der Waals surface area contributed by atoms with Gasteiger partial charge in [0.2, 0.25) is 0 Å². The van der Waals surface area contributed by atoms with Crippen LogP contribution in [0.2, 0.25) is 0 Å². The van der Waals surface area contributed by atoms with E-state index in [0.29, 0.717) is 5.69 Å². The first-order valence-electron chi connectivity index (χ1n) is 7.35. The maximum absolute atomic E-state index is 11.3. The molecule has 0 radical (unpaired) electrons. The van der Waals surface area contributed by atoms with Crippen LogP contribution >= 0.6 is 0 Å². The molecule has 1 aliphatic rings. The van der Waals surface area contributed by atoms with E-state index in [0.717, 1.165) is 29.7 Å².